The molecule has 0 radical (unpaired) electrons. The number of hydrogen-bond acceptors (Lipinski definition) is 3. The number of halogens is 2. The average Bonchev–Trinajstić information content (AvgIpc) is 2.71. The summed E-state index contributed by atoms with van der Waals surface area (Å²) < 4.78 is 26.5. The topological polar surface area (TPSA) is 91.3 Å². The monoisotopic (exact) mass is 397 g/mol. The normalized spacial score (nSPS) is 11.5. The van der Waals surface area contributed by atoms with Crippen molar-refractivity contribution in [3.8, 4) is 11.1 Å². The summed E-state index contributed by atoms with van der Waals surface area (Å²) in [6.45, 7) is 0. The van der Waals surface area contributed by atoms with Crippen LogP contribution in [0.25, 0.3) is 11.1 Å². The van der Waals surface area contributed by atoms with Gasteiger partial charge in [0, 0.05) is 24.5 Å². The minimum atomic E-state index is -1.40. The van der Waals surface area contributed by atoms with Crippen LogP contribution in [-0.2, 0) is 11.2 Å². The van der Waals surface area contributed by atoms with Gasteiger partial charge in [-0.15, -0.1) is 0 Å². The number of carbonyl (C=O) groups is 2. The Balaban J connectivity index is 1.78. The van der Waals surface area contributed by atoms with Crippen molar-refractivity contribution in [2.45, 2.75) is 12.5 Å². The van der Waals surface area contributed by atoms with Gasteiger partial charge in [0.25, 0.3) is 0 Å². The van der Waals surface area contributed by atoms with E-state index in [1.165, 1.54) is 6.07 Å². The summed E-state index contributed by atoms with van der Waals surface area (Å²) in [5.74, 6) is -2.71. The van der Waals surface area contributed by atoms with Crippen LogP contribution in [0.1, 0.15) is 5.56 Å². The van der Waals surface area contributed by atoms with Crippen molar-refractivity contribution in [3.05, 3.63) is 84.2 Å². The number of hydrogen-bond donors (Lipinski definition) is 3. The lowest BCUT2D eigenvalue weighted by molar-refractivity contribution is -0.118. The Bertz CT molecular complexity index is 1030. The molecule has 0 saturated carbocycles. The largest absolute Gasteiger partial charge is 0.465 e. The third-order valence-electron chi connectivity index (χ3n) is 4.18. The van der Waals surface area contributed by atoms with Crippen LogP contribution in [0.2, 0.25) is 0 Å². The molecule has 0 fully saturated rings. The minimum absolute atomic E-state index is 0.140. The Kier molecular flexibility index (Phi) is 6.13. The molecule has 0 bridgehead atoms. The molecule has 2 aromatic carbocycles. The molecule has 0 aliphatic heterocycles. The molecule has 3 N–H and O–H groups in total. The predicted molar refractivity (Wildman–Crippen MR) is 103 cm³/mol. The molecule has 0 aliphatic rings. The van der Waals surface area contributed by atoms with Crippen LogP contribution < -0.4 is 10.6 Å². The number of carboxylic acid groups (broad SMARTS) is 1. The summed E-state index contributed by atoms with van der Waals surface area (Å²) in [5.41, 5.74) is 2.49. The lowest BCUT2D eigenvalue weighted by atomic mass is 10.0. The number of carbonyl (C=O) groups excluding carboxylic acids is 1. The maximum Gasteiger partial charge on any atom is 0.405 e. The molecule has 3 rings (SSSR count). The SMILES string of the molecule is O=C(O)NC(Cc1ccc(F)c(F)c1)C(=O)Nc1cccc(-c2ccncc2)c1. The summed E-state index contributed by atoms with van der Waals surface area (Å²) in [6, 6.07) is 12.6. The van der Waals surface area contributed by atoms with E-state index < -0.39 is 29.7 Å². The van der Waals surface area contributed by atoms with E-state index in [1.54, 1.807) is 30.6 Å². The first kappa shape index (κ1) is 19.9. The summed E-state index contributed by atoms with van der Waals surface area (Å²) in [5, 5.41) is 13.8. The van der Waals surface area contributed by atoms with Gasteiger partial charge >= 0.3 is 6.09 Å². The van der Waals surface area contributed by atoms with Gasteiger partial charge in [-0.1, -0.05) is 18.2 Å². The smallest absolute Gasteiger partial charge is 0.405 e. The van der Waals surface area contributed by atoms with Gasteiger partial charge in [0.1, 0.15) is 6.04 Å². The predicted octanol–water partition coefficient (Wildman–Crippen LogP) is 3.84. The van der Waals surface area contributed by atoms with Gasteiger partial charge in [-0.3, -0.25) is 9.78 Å². The van der Waals surface area contributed by atoms with Crippen molar-refractivity contribution in [1.29, 1.82) is 0 Å². The Labute approximate surface area is 165 Å². The van der Waals surface area contributed by atoms with Crippen molar-refractivity contribution < 1.29 is 23.5 Å². The lowest BCUT2D eigenvalue weighted by Gasteiger charge is -2.17. The first-order chi connectivity index (χ1) is 13.9. The quantitative estimate of drug-likeness (QED) is 0.589. The molecule has 6 nitrogen and oxygen atoms in total. The molecule has 0 saturated heterocycles. The zero-order valence-corrected chi connectivity index (χ0v) is 15.1. The van der Waals surface area contributed by atoms with Gasteiger partial charge < -0.3 is 15.7 Å². The number of aromatic nitrogens is 1. The van der Waals surface area contributed by atoms with Gasteiger partial charge in [0.15, 0.2) is 11.6 Å². The van der Waals surface area contributed by atoms with Crippen molar-refractivity contribution in [2.75, 3.05) is 5.32 Å². The molecular weight excluding hydrogens is 380 g/mol. The van der Waals surface area contributed by atoms with E-state index in [0.29, 0.717) is 5.69 Å². The summed E-state index contributed by atoms with van der Waals surface area (Å²) >= 11 is 0. The molecule has 0 spiro atoms. The number of nitrogens with one attached hydrogen (secondary N) is 2. The number of rotatable bonds is 6. The molecule has 29 heavy (non-hydrogen) atoms. The molecule has 1 aromatic heterocycles. The summed E-state index contributed by atoms with van der Waals surface area (Å²) in [6.07, 6.45) is 1.75. The maximum absolute atomic E-state index is 13.4. The maximum atomic E-state index is 13.4. The fourth-order valence-electron chi connectivity index (χ4n) is 2.81. The number of anilines is 1. The molecule has 0 aliphatic carbocycles. The number of amides is 2. The molecule has 1 heterocycles. The van der Waals surface area contributed by atoms with Crippen molar-refractivity contribution >= 4 is 17.7 Å². The Hall–Kier alpha value is -3.81. The molecule has 1 atom stereocenters. The number of nitrogens with zero attached hydrogens (tertiary/aromatic N) is 1. The molecule has 2 amide bonds. The first-order valence-corrected chi connectivity index (χ1v) is 8.67. The standard InChI is InChI=1S/C21H17F2N3O3/c22-17-5-4-13(10-18(17)23)11-19(26-21(28)29)20(27)25-16-3-1-2-15(12-16)14-6-8-24-9-7-14/h1-10,12,19,26H,11H2,(H,25,27)(H,28,29). The van der Waals surface area contributed by atoms with Crippen molar-refractivity contribution in [1.82, 2.24) is 10.3 Å². The van der Waals surface area contributed by atoms with Crippen LogP contribution in [0.3, 0.4) is 0 Å². The number of benzene rings is 2. The molecular formula is C21H17F2N3O3. The van der Waals surface area contributed by atoms with E-state index in [1.807, 2.05) is 18.2 Å². The Morgan fingerprint density at radius 2 is 1.72 bits per heavy atom. The fourth-order valence-corrected chi connectivity index (χ4v) is 2.81. The van der Waals surface area contributed by atoms with Gasteiger partial charge in [0.2, 0.25) is 5.91 Å². The van der Waals surface area contributed by atoms with Gasteiger partial charge in [-0.05, 0) is 53.1 Å². The molecule has 1 unspecified atom stereocenters. The lowest BCUT2D eigenvalue weighted by Crippen LogP contribution is -2.44. The zero-order chi connectivity index (χ0) is 20.8. The van der Waals surface area contributed by atoms with E-state index >= 15 is 0 Å². The highest BCUT2D eigenvalue weighted by molar-refractivity contribution is 5.97. The van der Waals surface area contributed by atoms with Crippen LogP contribution >= 0.6 is 0 Å². The Morgan fingerprint density at radius 3 is 2.41 bits per heavy atom. The summed E-state index contributed by atoms with van der Waals surface area (Å²) in [4.78, 5) is 27.7. The molecule has 3 aromatic rings. The second kappa shape index (κ2) is 8.92. The van der Waals surface area contributed by atoms with Gasteiger partial charge in [-0.2, -0.15) is 0 Å². The average molecular weight is 397 g/mol. The summed E-state index contributed by atoms with van der Waals surface area (Å²) in [7, 11) is 0. The van der Waals surface area contributed by atoms with E-state index in [9.17, 15) is 18.4 Å². The highest BCUT2D eigenvalue weighted by Crippen LogP contribution is 2.22. The van der Waals surface area contributed by atoms with Crippen molar-refractivity contribution in [2.24, 2.45) is 0 Å². The van der Waals surface area contributed by atoms with E-state index in [4.69, 9.17) is 5.11 Å². The van der Waals surface area contributed by atoms with Crippen molar-refractivity contribution in [3.63, 3.8) is 0 Å². The second-order valence-electron chi connectivity index (χ2n) is 6.26. The van der Waals surface area contributed by atoms with E-state index in [-0.39, 0.29) is 12.0 Å². The zero-order valence-electron chi connectivity index (χ0n) is 15.1. The second-order valence-corrected chi connectivity index (χ2v) is 6.26. The van der Waals surface area contributed by atoms with Gasteiger partial charge in [0.05, 0.1) is 0 Å². The fraction of sp³-hybridized carbons (Fsp3) is 0.0952. The highest BCUT2D eigenvalue weighted by Gasteiger charge is 2.22. The minimum Gasteiger partial charge on any atom is -0.465 e. The third kappa shape index (κ3) is 5.35. The highest BCUT2D eigenvalue weighted by atomic mass is 19.2. The third-order valence-corrected chi connectivity index (χ3v) is 4.18. The first-order valence-electron chi connectivity index (χ1n) is 8.67. The van der Waals surface area contributed by atoms with Crippen LogP contribution in [0, 0.1) is 11.6 Å². The number of pyridine rings is 1. The van der Waals surface area contributed by atoms with E-state index in [2.05, 4.69) is 15.6 Å². The Morgan fingerprint density at radius 1 is 0.966 bits per heavy atom. The van der Waals surface area contributed by atoms with Crippen LogP contribution in [-0.4, -0.2) is 28.1 Å². The van der Waals surface area contributed by atoms with Gasteiger partial charge in [-0.25, -0.2) is 13.6 Å². The van der Waals surface area contributed by atoms with Crippen LogP contribution in [0.5, 0.6) is 0 Å². The van der Waals surface area contributed by atoms with Crippen LogP contribution in [0.4, 0.5) is 19.3 Å². The molecule has 8 heteroatoms. The molecule has 148 valence electrons. The van der Waals surface area contributed by atoms with E-state index in [0.717, 1.165) is 23.3 Å². The van der Waals surface area contributed by atoms with Crippen LogP contribution in [0.15, 0.2) is 67.0 Å².